The van der Waals surface area contributed by atoms with Crippen molar-refractivity contribution in [2.24, 2.45) is 11.8 Å². The molecule has 1 aliphatic carbocycles. The van der Waals surface area contributed by atoms with E-state index in [1.54, 1.807) is 0 Å². The van der Waals surface area contributed by atoms with Gasteiger partial charge in [0.2, 0.25) is 0 Å². The molecule has 0 saturated heterocycles. The molecule has 0 amide bonds. The van der Waals surface area contributed by atoms with Crippen LogP contribution in [0.5, 0.6) is 5.75 Å². The van der Waals surface area contributed by atoms with Crippen LogP contribution < -0.4 is 10.1 Å². The van der Waals surface area contributed by atoms with Gasteiger partial charge in [-0.05, 0) is 62.3 Å². The van der Waals surface area contributed by atoms with Crippen molar-refractivity contribution < 1.29 is 4.74 Å². The zero-order valence-corrected chi connectivity index (χ0v) is 14.4. The van der Waals surface area contributed by atoms with E-state index in [0.717, 1.165) is 29.7 Å². The van der Waals surface area contributed by atoms with Crippen molar-refractivity contribution in [1.29, 1.82) is 0 Å². The second-order valence-electron chi connectivity index (χ2n) is 6.63. The molecule has 21 heavy (non-hydrogen) atoms. The lowest BCUT2D eigenvalue weighted by Gasteiger charge is -2.40. The number of aryl methyl sites for hydroxylation is 1. The molecule has 0 bridgehead atoms. The maximum atomic E-state index is 6.33. The molecule has 1 aliphatic rings. The summed E-state index contributed by atoms with van der Waals surface area (Å²) in [5, 5.41) is 4.38. The molecule has 1 aromatic rings. The summed E-state index contributed by atoms with van der Waals surface area (Å²) in [5.41, 5.74) is 1.17. The fourth-order valence-corrected chi connectivity index (χ4v) is 3.68. The molecule has 2 rings (SSSR count). The zero-order chi connectivity index (χ0) is 15.4. The number of hydrogen-bond acceptors (Lipinski definition) is 2. The molecule has 118 valence electrons. The third-order valence-electron chi connectivity index (χ3n) is 4.39. The number of benzene rings is 1. The molecule has 0 radical (unpaired) electrons. The summed E-state index contributed by atoms with van der Waals surface area (Å²) < 4.78 is 6.32. The summed E-state index contributed by atoms with van der Waals surface area (Å²) >= 11 is 6.33. The van der Waals surface area contributed by atoms with Crippen molar-refractivity contribution >= 4 is 11.6 Å². The molecule has 0 heterocycles. The van der Waals surface area contributed by atoms with Crippen molar-refractivity contribution in [3.8, 4) is 5.75 Å². The summed E-state index contributed by atoms with van der Waals surface area (Å²) in [5.74, 6) is 2.11. The van der Waals surface area contributed by atoms with Crippen molar-refractivity contribution in [2.45, 2.75) is 59.1 Å². The first-order valence-corrected chi connectivity index (χ1v) is 8.55. The fraction of sp³-hybridized carbons (Fsp3) is 0.667. The first-order valence-electron chi connectivity index (χ1n) is 8.17. The van der Waals surface area contributed by atoms with Crippen molar-refractivity contribution in [3.05, 3.63) is 28.8 Å². The van der Waals surface area contributed by atoms with Gasteiger partial charge in [-0.15, -0.1) is 0 Å². The molecular weight excluding hydrogens is 282 g/mol. The lowest BCUT2D eigenvalue weighted by atomic mass is 9.78. The standard InChI is InChI=1S/C18H28ClNO/c1-5-8-20-16-11-13(3)9-14(4)18(16)21-17-7-6-12(2)10-15(17)19/h6-7,10,13-14,16,18,20H,5,8-9,11H2,1-4H3. The van der Waals surface area contributed by atoms with Crippen LogP contribution in [0.25, 0.3) is 0 Å². The van der Waals surface area contributed by atoms with Gasteiger partial charge in [0.1, 0.15) is 11.9 Å². The van der Waals surface area contributed by atoms with Crippen molar-refractivity contribution in [1.82, 2.24) is 5.32 Å². The molecule has 0 spiro atoms. The molecule has 0 aromatic heterocycles. The van der Waals surface area contributed by atoms with E-state index in [1.807, 2.05) is 19.1 Å². The number of rotatable bonds is 5. The first-order chi connectivity index (χ1) is 10.0. The Hall–Kier alpha value is -0.730. The maximum Gasteiger partial charge on any atom is 0.138 e. The van der Waals surface area contributed by atoms with Crippen LogP contribution in [0.1, 0.15) is 45.6 Å². The van der Waals surface area contributed by atoms with Crippen LogP contribution in [0.3, 0.4) is 0 Å². The quantitative estimate of drug-likeness (QED) is 0.841. The fourth-order valence-electron chi connectivity index (χ4n) is 3.40. The summed E-state index contributed by atoms with van der Waals surface area (Å²) in [6.07, 6.45) is 3.75. The molecular formula is C18H28ClNO. The second-order valence-corrected chi connectivity index (χ2v) is 7.04. The SMILES string of the molecule is CCCNC1CC(C)CC(C)C1Oc1ccc(C)cc1Cl. The summed E-state index contributed by atoms with van der Waals surface area (Å²) in [6.45, 7) is 9.93. The molecule has 1 saturated carbocycles. The van der Waals surface area contributed by atoms with Gasteiger partial charge >= 0.3 is 0 Å². The first kappa shape index (κ1) is 16.6. The lowest BCUT2D eigenvalue weighted by Crippen LogP contribution is -2.51. The Labute approximate surface area is 134 Å². The maximum absolute atomic E-state index is 6.33. The molecule has 2 nitrogen and oxygen atoms in total. The molecule has 1 N–H and O–H groups in total. The van der Waals surface area contributed by atoms with E-state index in [-0.39, 0.29) is 6.10 Å². The Morgan fingerprint density at radius 3 is 2.71 bits per heavy atom. The van der Waals surface area contributed by atoms with E-state index in [1.165, 1.54) is 18.4 Å². The Kier molecular flexibility index (Phi) is 5.95. The molecule has 0 aliphatic heterocycles. The topological polar surface area (TPSA) is 21.3 Å². The van der Waals surface area contributed by atoms with Crippen LogP contribution in [0.2, 0.25) is 5.02 Å². The Balaban J connectivity index is 2.13. The Morgan fingerprint density at radius 1 is 1.29 bits per heavy atom. The minimum absolute atomic E-state index is 0.202. The van der Waals surface area contributed by atoms with E-state index >= 15 is 0 Å². The normalized spacial score (nSPS) is 29.4. The average molecular weight is 310 g/mol. The monoisotopic (exact) mass is 309 g/mol. The molecule has 4 unspecified atom stereocenters. The average Bonchev–Trinajstić information content (AvgIpc) is 2.42. The minimum Gasteiger partial charge on any atom is -0.487 e. The Bertz CT molecular complexity index is 463. The van der Waals surface area contributed by atoms with Crippen LogP contribution in [-0.4, -0.2) is 18.7 Å². The van der Waals surface area contributed by atoms with Gasteiger partial charge in [0, 0.05) is 6.04 Å². The van der Waals surface area contributed by atoms with Crippen LogP contribution in [-0.2, 0) is 0 Å². The highest BCUT2D eigenvalue weighted by Crippen LogP contribution is 2.34. The van der Waals surface area contributed by atoms with E-state index in [2.05, 4.69) is 32.2 Å². The second kappa shape index (κ2) is 7.51. The van der Waals surface area contributed by atoms with Crippen LogP contribution >= 0.6 is 11.6 Å². The van der Waals surface area contributed by atoms with Gasteiger partial charge in [-0.3, -0.25) is 0 Å². The lowest BCUT2D eigenvalue weighted by molar-refractivity contribution is 0.0478. The smallest absolute Gasteiger partial charge is 0.138 e. The van der Waals surface area contributed by atoms with Crippen LogP contribution in [0.15, 0.2) is 18.2 Å². The van der Waals surface area contributed by atoms with Crippen molar-refractivity contribution in [2.75, 3.05) is 6.54 Å². The van der Waals surface area contributed by atoms with Gasteiger partial charge in [0.05, 0.1) is 5.02 Å². The highest BCUT2D eigenvalue weighted by atomic mass is 35.5. The van der Waals surface area contributed by atoms with Gasteiger partial charge in [0.25, 0.3) is 0 Å². The van der Waals surface area contributed by atoms with E-state index < -0.39 is 0 Å². The predicted octanol–water partition coefficient (Wildman–Crippen LogP) is 4.83. The van der Waals surface area contributed by atoms with E-state index in [0.29, 0.717) is 12.0 Å². The Morgan fingerprint density at radius 2 is 2.05 bits per heavy atom. The van der Waals surface area contributed by atoms with E-state index in [4.69, 9.17) is 16.3 Å². The highest BCUT2D eigenvalue weighted by Gasteiger charge is 2.35. The predicted molar refractivity (Wildman–Crippen MR) is 90.2 cm³/mol. The third kappa shape index (κ3) is 4.37. The summed E-state index contributed by atoms with van der Waals surface area (Å²) in [4.78, 5) is 0. The van der Waals surface area contributed by atoms with Gasteiger partial charge in [0.15, 0.2) is 0 Å². The minimum atomic E-state index is 0.202. The number of hydrogen-bond donors (Lipinski definition) is 1. The highest BCUT2D eigenvalue weighted by molar-refractivity contribution is 6.32. The van der Waals surface area contributed by atoms with Gasteiger partial charge in [-0.2, -0.15) is 0 Å². The van der Waals surface area contributed by atoms with Gasteiger partial charge in [-0.1, -0.05) is 38.4 Å². The number of halogens is 1. The molecule has 3 heteroatoms. The third-order valence-corrected chi connectivity index (χ3v) is 4.69. The van der Waals surface area contributed by atoms with Crippen LogP contribution in [0.4, 0.5) is 0 Å². The molecule has 1 fully saturated rings. The largest absolute Gasteiger partial charge is 0.487 e. The van der Waals surface area contributed by atoms with Gasteiger partial charge in [-0.25, -0.2) is 0 Å². The molecule has 1 aromatic carbocycles. The van der Waals surface area contributed by atoms with Crippen LogP contribution in [0, 0.1) is 18.8 Å². The summed E-state index contributed by atoms with van der Waals surface area (Å²) in [6, 6.07) is 6.45. The zero-order valence-electron chi connectivity index (χ0n) is 13.7. The summed E-state index contributed by atoms with van der Waals surface area (Å²) in [7, 11) is 0. The van der Waals surface area contributed by atoms with Crippen molar-refractivity contribution in [3.63, 3.8) is 0 Å². The number of ether oxygens (including phenoxy) is 1. The van der Waals surface area contributed by atoms with E-state index in [9.17, 15) is 0 Å². The number of nitrogens with one attached hydrogen (secondary N) is 1. The molecule has 4 atom stereocenters. The van der Waals surface area contributed by atoms with Gasteiger partial charge < -0.3 is 10.1 Å².